The summed E-state index contributed by atoms with van der Waals surface area (Å²) >= 11 is 0. The van der Waals surface area contributed by atoms with E-state index >= 15 is 0 Å². The Hall–Kier alpha value is -2.63. The van der Waals surface area contributed by atoms with Crippen LogP contribution in [0, 0.1) is 5.82 Å². The Morgan fingerprint density at radius 2 is 2.21 bits per heavy atom. The van der Waals surface area contributed by atoms with Crippen molar-refractivity contribution >= 4 is 11.7 Å². The number of hydrogen-bond donors (Lipinski definition) is 1. The number of fused-ring (bicyclic) bond motifs is 1. The van der Waals surface area contributed by atoms with Crippen molar-refractivity contribution in [3.8, 4) is 5.75 Å². The average molecular weight is 330 g/mol. The highest BCUT2D eigenvalue weighted by Crippen LogP contribution is 2.35. The maximum atomic E-state index is 13.9. The molecule has 1 aromatic heterocycles. The van der Waals surface area contributed by atoms with Crippen LogP contribution in [-0.2, 0) is 6.42 Å². The molecule has 126 valence electrons. The van der Waals surface area contributed by atoms with Crippen LogP contribution in [0.3, 0.4) is 0 Å². The molecule has 0 fully saturated rings. The lowest BCUT2D eigenvalue weighted by atomic mass is 9.94. The summed E-state index contributed by atoms with van der Waals surface area (Å²) in [5, 5.41) is 9.07. The van der Waals surface area contributed by atoms with Crippen LogP contribution in [0.1, 0.15) is 41.5 Å². The zero-order valence-corrected chi connectivity index (χ0v) is 13.6. The number of rotatable bonds is 4. The molecule has 2 heterocycles. The third-order valence-electron chi connectivity index (χ3n) is 4.28. The standard InChI is InChI=1S/C18H19FN2O3/c1-3-24-15-8-13(19)7-14(9-15)21-5-4-12-6-17(18(22)23)20-10-16(12)11(21)2/h6-11H,3-5H2,1-2H3,(H,22,23)/t11-/m0/s1. The van der Waals surface area contributed by atoms with E-state index in [4.69, 9.17) is 9.84 Å². The van der Waals surface area contributed by atoms with Crippen molar-refractivity contribution in [2.75, 3.05) is 18.1 Å². The van der Waals surface area contributed by atoms with Crippen LogP contribution in [-0.4, -0.2) is 29.2 Å². The molecule has 1 aliphatic rings. The van der Waals surface area contributed by atoms with Gasteiger partial charge in [0.05, 0.1) is 12.6 Å². The SMILES string of the molecule is CCOc1cc(F)cc(N2CCc3cc(C(=O)O)ncc3[C@@H]2C)c1. The molecule has 1 aromatic carbocycles. The zero-order valence-electron chi connectivity index (χ0n) is 13.6. The number of benzene rings is 1. The molecule has 0 spiro atoms. The summed E-state index contributed by atoms with van der Waals surface area (Å²) in [4.78, 5) is 17.2. The lowest BCUT2D eigenvalue weighted by molar-refractivity contribution is 0.0690. The topological polar surface area (TPSA) is 62.7 Å². The van der Waals surface area contributed by atoms with Gasteiger partial charge in [-0.3, -0.25) is 0 Å². The minimum absolute atomic E-state index is 0.0274. The van der Waals surface area contributed by atoms with Crippen molar-refractivity contribution in [1.29, 1.82) is 0 Å². The van der Waals surface area contributed by atoms with Crippen LogP contribution in [0.15, 0.2) is 30.5 Å². The van der Waals surface area contributed by atoms with Gasteiger partial charge in [-0.05, 0) is 43.5 Å². The maximum Gasteiger partial charge on any atom is 0.354 e. The normalized spacial score (nSPS) is 16.6. The van der Waals surface area contributed by atoms with E-state index < -0.39 is 5.97 Å². The summed E-state index contributed by atoms with van der Waals surface area (Å²) in [6, 6.07) is 6.29. The Kier molecular flexibility index (Phi) is 4.38. The summed E-state index contributed by atoms with van der Waals surface area (Å²) in [5.74, 6) is -0.863. The van der Waals surface area contributed by atoms with Gasteiger partial charge in [-0.15, -0.1) is 0 Å². The number of halogens is 1. The minimum atomic E-state index is -1.03. The molecular weight excluding hydrogens is 311 g/mol. The second-order valence-electron chi connectivity index (χ2n) is 5.77. The molecule has 1 aliphatic heterocycles. The Bertz CT molecular complexity index is 779. The lowest BCUT2D eigenvalue weighted by Crippen LogP contribution is -2.34. The fourth-order valence-electron chi connectivity index (χ4n) is 3.14. The first-order valence-corrected chi connectivity index (χ1v) is 7.91. The fraction of sp³-hybridized carbons (Fsp3) is 0.333. The van der Waals surface area contributed by atoms with E-state index in [0.717, 1.165) is 16.8 Å². The molecule has 0 saturated heterocycles. The summed E-state index contributed by atoms with van der Waals surface area (Å²) < 4.78 is 19.3. The number of carboxylic acids is 1. The van der Waals surface area contributed by atoms with E-state index in [0.29, 0.717) is 25.3 Å². The maximum absolute atomic E-state index is 13.9. The number of pyridine rings is 1. The van der Waals surface area contributed by atoms with Crippen molar-refractivity contribution in [2.45, 2.75) is 26.3 Å². The monoisotopic (exact) mass is 330 g/mol. The van der Waals surface area contributed by atoms with Gasteiger partial charge >= 0.3 is 5.97 Å². The molecule has 0 radical (unpaired) electrons. The predicted molar refractivity (Wildman–Crippen MR) is 88.2 cm³/mol. The van der Waals surface area contributed by atoms with Gasteiger partial charge in [-0.1, -0.05) is 0 Å². The number of carboxylic acid groups (broad SMARTS) is 1. The Morgan fingerprint density at radius 1 is 1.42 bits per heavy atom. The molecule has 0 unspecified atom stereocenters. The number of anilines is 1. The third-order valence-corrected chi connectivity index (χ3v) is 4.28. The molecule has 5 nitrogen and oxygen atoms in total. The number of aromatic nitrogens is 1. The molecule has 3 rings (SSSR count). The van der Waals surface area contributed by atoms with Crippen molar-refractivity contribution in [3.05, 3.63) is 53.1 Å². The number of ether oxygens (including phenoxy) is 1. The smallest absolute Gasteiger partial charge is 0.354 e. The van der Waals surface area contributed by atoms with Crippen molar-refractivity contribution in [3.63, 3.8) is 0 Å². The largest absolute Gasteiger partial charge is 0.494 e. The summed E-state index contributed by atoms with van der Waals surface area (Å²) in [6.45, 7) is 5.01. The summed E-state index contributed by atoms with van der Waals surface area (Å²) in [7, 11) is 0. The molecule has 2 aromatic rings. The Balaban J connectivity index is 1.94. The first-order valence-electron chi connectivity index (χ1n) is 7.91. The quantitative estimate of drug-likeness (QED) is 0.930. The van der Waals surface area contributed by atoms with E-state index in [1.165, 1.54) is 12.1 Å². The first-order chi connectivity index (χ1) is 11.5. The predicted octanol–water partition coefficient (Wildman–Crippen LogP) is 3.44. The van der Waals surface area contributed by atoms with Crippen LogP contribution in [0.25, 0.3) is 0 Å². The van der Waals surface area contributed by atoms with E-state index in [2.05, 4.69) is 9.88 Å². The van der Waals surface area contributed by atoms with Gasteiger partial charge in [-0.2, -0.15) is 0 Å². The first kappa shape index (κ1) is 16.2. The Morgan fingerprint density at radius 3 is 2.92 bits per heavy atom. The highest BCUT2D eigenvalue weighted by atomic mass is 19.1. The van der Waals surface area contributed by atoms with E-state index in [1.807, 2.05) is 19.9 Å². The molecule has 1 N–H and O–H groups in total. The highest BCUT2D eigenvalue weighted by molar-refractivity contribution is 5.85. The van der Waals surface area contributed by atoms with Crippen LogP contribution in [0.4, 0.5) is 10.1 Å². The van der Waals surface area contributed by atoms with Gasteiger partial charge in [-0.25, -0.2) is 14.2 Å². The fourth-order valence-corrected chi connectivity index (χ4v) is 3.14. The van der Waals surface area contributed by atoms with Gasteiger partial charge in [0.25, 0.3) is 0 Å². The van der Waals surface area contributed by atoms with Gasteiger partial charge in [0.1, 0.15) is 17.3 Å². The molecule has 6 heteroatoms. The summed E-state index contributed by atoms with van der Waals surface area (Å²) in [6.07, 6.45) is 2.29. The average Bonchev–Trinajstić information content (AvgIpc) is 2.54. The van der Waals surface area contributed by atoms with E-state index in [1.54, 1.807) is 12.3 Å². The Labute approximate surface area is 139 Å². The number of carbonyl (C=O) groups is 1. The van der Waals surface area contributed by atoms with Crippen molar-refractivity contribution in [1.82, 2.24) is 4.98 Å². The number of hydrogen-bond acceptors (Lipinski definition) is 4. The number of nitrogens with zero attached hydrogens (tertiary/aromatic N) is 2. The van der Waals surface area contributed by atoms with Crippen LogP contribution in [0.2, 0.25) is 0 Å². The van der Waals surface area contributed by atoms with Gasteiger partial charge in [0.2, 0.25) is 0 Å². The molecule has 0 aliphatic carbocycles. The molecular formula is C18H19FN2O3. The lowest BCUT2D eigenvalue weighted by Gasteiger charge is -2.37. The molecule has 24 heavy (non-hydrogen) atoms. The van der Waals surface area contributed by atoms with Crippen LogP contribution in [0.5, 0.6) is 5.75 Å². The van der Waals surface area contributed by atoms with Crippen molar-refractivity contribution in [2.24, 2.45) is 0 Å². The molecule has 0 amide bonds. The van der Waals surface area contributed by atoms with E-state index in [-0.39, 0.29) is 17.6 Å². The third kappa shape index (κ3) is 3.04. The number of aromatic carboxylic acids is 1. The van der Waals surface area contributed by atoms with E-state index in [9.17, 15) is 9.18 Å². The van der Waals surface area contributed by atoms with Crippen LogP contribution < -0.4 is 9.64 Å². The second kappa shape index (κ2) is 6.47. The highest BCUT2D eigenvalue weighted by Gasteiger charge is 2.26. The second-order valence-corrected chi connectivity index (χ2v) is 5.77. The van der Waals surface area contributed by atoms with Crippen molar-refractivity contribution < 1.29 is 19.0 Å². The van der Waals surface area contributed by atoms with Gasteiger partial charge in [0, 0.05) is 30.6 Å². The molecule has 1 atom stereocenters. The van der Waals surface area contributed by atoms with Gasteiger partial charge < -0.3 is 14.7 Å². The molecule has 0 bridgehead atoms. The molecule has 0 saturated carbocycles. The summed E-state index contributed by atoms with van der Waals surface area (Å²) in [5.41, 5.74) is 2.75. The van der Waals surface area contributed by atoms with Gasteiger partial charge in [0.15, 0.2) is 0 Å². The minimum Gasteiger partial charge on any atom is -0.494 e. The van der Waals surface area contributed by atoms with Crippen LogP contribution >= 0.6 is 0 Å². The zero-order chi connectivity index (χ0) is 17.3.